The van der Waals surface area contributed by atoms with Crippen molar-refractivity contribution in [2.75, 3.05) is 13.1 Å². The van der Waals surface area contributed by atoms with Gasteiger partial charge < -0.3 is 36.4 Å². The highest BCUT2D eigenvalue weighted by Gasteiger charge is 2.45. The molecule has 6 N–H and O–H groups in total. The summed E-state index contributed by atoms with van der Waals surface area (Å²) in [6.07, 6.45) is 9.66. The summed E-state index contributed by atoms with van der Waals surface area (Å²) in [6.45, 7) is 3.40. The zero-order valence-corrected chi connectivity index (χ0v) is 34.5. The second-order valence-corrected chi connectivity index (χ2v) is 16.3. The number of Topliss-reactive ketones (excluding diaryl/α,β-unsaturated/α-hetero) is 1. The number of nitrogens with one attached hydrogen (secondary N) is 3. The van der Waals surface area contributed by atoms with Gasteiger partial charge in [0, 0.05) is 31.9 Å². The van der Waals surface area contributed by atoms with Crippen molar-refractivity contribution in [2.45, 2.75) is 114 Å². The fraction of sp³-hybridized carbons (Fsp3) is 0.488. The van der Waals surface area contributed by atoms with Gasteiger partial charge in [0.2, 0.25) is 17.6 Å². The van der Waals surface area contributed by atoms with Crippen molar-refractivity contribution >= 4 is 46.5 Å². The van der Waals surface area contributed by atoms with Crippen LogP contribution in [0.4, 0.5) is 4.79 Å². The summed E-state index contributed by atoms with van der Waals surface area (Å²) in [6, 6.07) is 10.0. The smallest absolute Gasteiger partial charge is 0.407 e. The molecule has 1 aliphatic carbocycles. The molecule has 61 heavy (non-hydrogen) atoms. The molecule has 2 fully saturated rings. The van der Waals surface area contributed by atoms with Crippen LogP contribution in [0.1, 0.15) is 106 Å². The highest BCUT2D eigenvalue weighted by atomic mass is 16.5. The number of likely N-dealkylation sites (tertiary alicyclic amines) is 1. The molecule has 2 aromatic carbocycles. The van der Waals surface area contributed by atoms with E-state index in [9.17, 15) is 33.9 Å². The topological polar surface area (TPSA) is 254 Å². The zero-order chi connectivity index (χ0) is 43.5. The average Bonchev–Trinajstić information content (AvgIpc) is 3.94. The number of para-hydroxylation sites is 1. The lowest BCUT2D eigenvalue weighted by molar-refractivity contribution is -0.142. The third kappa shape index (κ3) is 11.5. The first-order valence-electron chi connectivity index (χ1n) is 20.8. The number of primary amides is 1. The Morgan fingerprint density at radius 3 is 2.43 bits per heavy atom. The molecule has 1 saturated heterocycles. The van der Waals surface area contributed by atoms with Gasteiger partial charge in [0.25, 0.3) is 11.8 Å². The Hall–Kier alpha value is -6.30. The van der Waals surface area contributed by atoms with Crippen LogP contribution in [0.25, 0.3) is 11.0 Å². The quantitative estimate of drug-likeness (QED) is 0.0717. The number of ketones is 1. The Labute approximate surface area is 353 Å². The number of unbranched alkanes of at least 4 members (excludes halogenated alkanes) is 1. The number of hydrogen-bond donors (Lipinski definition) is 5. The number of fused-ring (bicyclic) bond motifs is 1. The Morgan fingerprint density at radius 1 is 0.934 bits per heavy atom. The number of carbonyl (C=O) groups excluding carboxylic acids is 6. The molecule has 4 atom stereocenters. The van der Waals surface area contributed by atoms with Crippen LogP contribution in [-0.4, -0.2) is 102 Å². The molecule has 1 unspecified atom stereocenters. The fourth-order valence-corrected chi connectivity index (χ4v) is 8.17. The van der Waals surface area contributed by atoms with Gasteiger partial charge in [-0.15, -0.1) is 5.10 Å². The lowest BCUT2D eigenvalue weighted by atomic mass is 9.84. The number of alkyl carbamates (subject to hydrolysis) is 1. The van der Waals surface area contributed by atoms with E-state index < -0.39 is 65.3 Å². The molecule has 324 valence electrons. The van der Waals surface area contributed by atoms with Crippen molar-refractivity contribution in [3.63, 3.8) is 0 Å². The minimum atomic E-state index is -1.37. The number of ether oxygens (including phenoxy) is 1. The van der Waals surface area contributed by atoms with E-state index in [4.69, 9.17) is 10.5 Å². The number of carbonyl (C=O) groups is 6. The van der Waals surface area contributed by atoms with Crippen molar-refractivity contribution in [3.05, 3.63) is 83.9 Å². The van der Waals surface area contributed by atoms with Gasteiger partial charge in [0.05, 0.1) is 35.1 Å². The number of nitrogens with zero attached hydrogens (tertiary/aromatic N) is 6. The number of amides is 5. The van der Waals surface area contributed by atoms with E-state index in [1.54, 1.807) is 32.0 Å². The van der Waals surface area contributed by atoms with E-state index in [1.165, 1.54) is 28.2 Å². The van der Waals surface area contributed by atoms with E-state index in [0.29, 0.717) is 36.0 Å². The van der Waals surface area contributed by atoms with Crippen LogP contribution in [0, 0.1) is 5.92 Å². The zero-order valence-electron chi connectivity index (χ0n) is 34.5. The summed E-state index contributed by atoms with van der Waals surface area (Å²) in [7, 11) is 0. The summed E-state index contributed by atoms with van der Waals surface area (Å²) < 4.78 is 6.73. The average molecular weight is 839 g/mol. The van der Waals surface area contributed by atoms with Crippen molar-refractivity contribution in [1.82, 2.24) is 45.8 Å². The third-order valence-corrected chi connectivity index (χ3v) is 11.3. The number of rotatable bonds is 18. The number of aliphatic hydroxyl groups is 1. The summed E-state index contributed by atoms with van der Waals surface area (Å²) in [5.41, 5.74) is 6.37. The standard InChI is InChI=1S/C43H54N10O8/c1-43(2,60)35-24-48-51-53(35)29-23-34(40(57)49-32(37(54)38(44)55)17-9-10-19-47-42(59)61-26-28-14-7-4-8-15-28)52(25-29)41(58)33(22-27-12-5-3-6-13-27)50-39(56)30-16-11-18-31-36(30)46-21-20-45-31/h4,7-8,11,14-16,18,20-21,24,27,29,32-34,60H,3,5-6,9-10,12-13,17,19,22-23,25-26H2,1-2H3,(H2,44,55)(H,47,59)(H,49,57)(H,50,56)/t29-,32?,33+,34-/m0/s1. The second kappa shape index (κ2) is 20.3. The van der Waals surface area contributed by atoms with Gasteiger partial charge in [-0.3, -0.25) is 33.9 Å². The fourth-order valence-electron chi connectivity index (χ4n) is 8.17. The van der Waals surface area contributed by atoms with E-state index >= 15 is 0 Å². The Bertz CT molecular complexity index is 2180. The van der Waals surface area contributed by atoms with Crippen LogP contribution in [0.3, 0.4) is 0 Å². The second-order valence-electron chi connectivity index (χ2n) is 16.3. The molecule has 2 aliphatic rings. The van der Waals surface area contributed by atoms with E-state index in [1.807, 2.05) is 30.3 Å². The van der Waals surface area contributed by atoms with Crippen molar-refractivity contribution < 1.29 is 38.6 Å². The first-order chi connectivity index (χ1) is 29.3. The first-order valence-corrected chi connectivity index (χ1v) is 20.8. The lowest BCUT2D eigenvalue weighted by Crippen LogP contribution is -2.56. The van der Waals surface area contributed by atoms with Crippen molar-refractivity contribution in [3.8, 4) is 0 Å². The summed E-state index contributed by atoms with van der Waals surface area (Å²) in [5, 5.41) is 27.5. The number of nitrogens with two attached hydrogens (primary N) is 1. The van der Waals surface area contributed by atoms with Crippen LogP contribution < -0.4 is 21.7 Å². The van der Waals surface area contributed by atoms with Crippen molar-refractivity contribution in [2.24, 2.45) is 11.7 Å². The van der Waals surface area contributed by atoms with E-state index in [0.717, 1.165) is 37.7 Å². The molecule has 1 saturated carbocycles. The maximum atomic E-state index is 14.9. The van der Waals surface area contributed by atoms with Crippen LogP contribution in [0.5, 0.6) is 0 Å². The number of benzene rings is 2. The predicted octanol–water partition coefficient (Wildman–Crippen LogP) is 3.00. The van der Waals surface area contributed by atoms with Gasteiger partial charge in [-0.2, -0.15) is 0 Å². The monoisotopic (exact) mass is 838 g/mol. The minimum Gasteiger partial charge on any atom is -0.445 e. The molecule has 5 amide bonds. The number of hydrogen-bond acceptors (Lipinski definition) is 12. The van der Waals surface area contributed by atoms with Crippen LogP contribution in [-0.2, 0) is 36.1 Å². The molecule has 0 spiro atoms. The highest BCUT2D eigenvalue weighted by molar-refractivity contribution is 6.37. The van der Waals surface area contributed by atoms with Crippen LogP contribution >= 0.6 is 0 Å². The molecular weight excluding hydrogens is 785 g/mol. The molecule has 4 aromatic rings. The largest absolute Gasteiger partial charge is 0.445 e. The molecular formula is C43H54N10O8. The summed E-state index contributed by atoms with van der Waals surface area (Å²) in [4.78, 5) is 90.9. The summed E-state index contributed by atoms with van der Waals surface area (Å²) in [5.74, 6) is -3.87. The molecule has 0 radical (unpaired) electrons. The SMILES string of the molecule is CC(C)(O)c1cnnn1[C@H]1C[C@@H](C(=O)NC(CCCCNC(=O)OCc2ccccc2)C(=O)C(N)=O)N(C(=O)[C@@H](CC2CCCCC2)NC(=O)c2cccc3nccnc23)C1. The summed E-state index contributed by atoms with van der Waals surface area (Å²) >= 11 is 0. The molecule has 0 bridgehead atoms. The van der Waals surface area contributed by atoms with Gasteiger partial charge in [0.15, 0.2) is 0 Å². The molecule has 6 rings (SSSR count). The van der Waals surface area contributed by atoms with Gasteiger partial charge >= 0.3 is 6.09 Å². The molecule has 1 aliphatic heterocycles. The van der Waals surface area contributed by atoms with Gasteiger partial charge in [-0.1, -0.05) is 73.7 Å². The molecule has 18 nitrogen and oxygen atoms in total. The number of aromatic nitrogens is 5. The molecule has 2 aromatic heterocycles. The van der Waals surface area contributed by atoms with E-state index in [2.05, 4.69) is 36.2 Å². The van der Waals surface area contributed by atoms with Crippen molar-refractivity contribution in [1.29, 1.82) is 0 Å². The normalized spacial score (nSPS) is 17.9. The van der Waals surface area contributed by atoms with E-state index in [-0.39, 0.29) is 44.0 Å². The maximum absolute atomic E-state index is 14.9. The third-order valence-electron chi connectivity index (χ3n) is 11.3. The minimum absolute atomic E-state index is 0.0125. The molecule has 3 heterocycles. The van der Waals surface area contributed by atoms with Gasteiger partial charge in [-0.05, 0) is 63.1 Å². The predicted molar refractivity (Wildman–Crippen MR) is 221 cm³/mol. The first kappa shape index (κ1) is 44.3. The molecule has 18 heteroatoms. The Morgan fingerprint density at radius 2 is 1.69 bits per heavy atom. The van der Waals surface area contributed by atoms with Crippen LogP contribution in [0.15, 0.2) is 67.1 Å². The maximum Gasteiger partial charge on any atom is 0.407 e. The Balaban J connectivity index is 1.20. The van der Waals surface area contributed by atoms with Gasteiger partial charge in [0.1, 0.15) is 29.8 Å². The van der Waals surface area contributed by atoms with Crippen LogP contribution in [0.2, 0.25) is 0 Å². The van der Waals surface area contributed by atoms with Gasteiger partial charge in [-0.25, -0.2) is 9.48 Å². The lowest BCUT2D eigenvalue weighted by Gasteiger charge is -2.32. The highest BCUT2D eigenvalue weighted by Crippen LogP contribution is 2.34. The Kier molecular flexibility index (Phi) is 14.7.